The number of hydrogen-bond acceptors (Lipinski definition) is 4. The zero-order valence-corrected chi connectivity index (χ0v) is 10.6. The molecule has 1 aliphatic heterocycles. The molecule has 1 saturated heterocycles. The van der Waals surface area contributed by atoms with Gasteiger partial charge in [-0.3, -0.25) is 9.69 Å². The largest absolute Gasteiger partial charge is 0.468 e. The second-order valence-corrected chi connectivity index (χ2v) is 4.66. The van der Waals surface area contributed by atoms with Gasteiger partial charge in [-0.25, -0.2) is 0 Å². The maximum atomic E-state index is 12.2. The number of carbonyl (C=O) groups excluding carboxylic acids is 1. The van der Waals surface area contributed by atoms with Crippen molar-refractivity contribution in [3.63, 3.8) is 0 Å². The van der Waals surface area contributed by atoms with Crippen molar-refractivity contribution in [1.29, 1.82) is 0 Å². The molecule has 0 aromatic rings. The Labute approximate surface area is 104 Å². The van der Waals surface area contributed by atoms with Crippen LogP contribution in [0.3, 0.4) is 0 Å². The van der Waals surface area contributed by atoms with Gasteiger partial charge < -0.3 is 10.1 Å². The summed E-state index contributed by atoms with van der Waals surface area (Å²) >= 11 is 0. The summed E-state index contributed by atoms with van der Waals surface area (Å²) in [5.74, 6) is -0.209. The molecule has 1 heterocycles. The molecule has 2 atom stereocenters. The smallest absolute Gasteiger partial charge is 0.401 e. The molecule has 1 aliphatic rings. The number of methoxy groups -OCH3 is 1. The highest BCUT2D eigenvalue weighted by Crippen LogP contribution is 2.22. The molecule has 4 nitrogen and oxygen atoms in total. The minimum atomic E-state index is -4.14. The molecule has 18 heavy (non-hydrogen) atoms. The number of nitrogens with one attached hydrogen (secondary N) is 1. The van der Waals surface area contributed by atoms with E-state index >= 15 is 0 Å². The molecule has 0 bridgehead atoms. The first-order valence-corrected chi connectivity index (χ1v) is 5.92. The molecule has 0 aromatic carbocycles. The summed E-state index contributed by atoms with van der Waals surface area (Å²) in [7, 11) is 1.31. The van der Waals surface area contributed by atoms with Gasteiger partial charge in [-0.05, 0) is 25.8 Å². The molecule has 0 aromatic heterocycles. The molecule has 1 rings (SSSR count). The predicted octanol–water partition coefficient (Wildman–Crippen LogP) is 1.02. The highest BCUT2D eigenvalue weighted by molar-refractivity contribution is 5.75. The van der Waals surface area contributed by atoms with Crippen molar-refractivity contribution < 1.29 is 22.7 Å². The molecule has 0 radical (unpaired) electrons. The van der Waals surface area contributed by atoms with Crippen molar-refractivity contribution in [1.82, 2.24) is 10.2 Å². The van der Waals surface area contributed by atoms with Crippen LogP contribution in [0, 0.1) is 5.92 Å². The van der Waals surface area contributed by atoms with Crippen LogP contribution in [0.1, 0.15) is 13.3 Å². The Kier molecular flexibility index (Phi) is 5.40. The zero-order chi connectivity index (χ0) is 13.8. The van der Waals surface area contributed by atoms with Crippen molar-refractivity contribution in [3.05, 3.63) is 0 Å². The Hall–Kier alpha value is -0.820. The maximum Gasteiger partial charge on any atom is 0.401 e. The molecule has 1 N–H and O–H groups in total. The fourth-order valence-electron chi connectivity index (χ4n) is 2.08. The van der Waals surface area contributed by atoms with Crippen LogP contribution in [0.15, 0.2) is 0 Å². The van der Waals surface area contributed by atoms with Gasteiger partial charge in [-0.15, -0.1) is 0 Å². The predicted molar refractivity (Wildman–Crippen MR) is 60.1 cm³/mol. The van der Waals surface area contributed by atoms with Gasteiger partial charge in [0.05, 0.1) is 13.7 Å². The Morgan fingerprint density at radius 3 is 2.78 bits per heavy atom. The lowest BCUT2D eigenvalue weighted by Gasteiger charge is -2.18. The summed E-state index contributed by atoms with van der Waals surface area (Å²) in [5.41, 5.74) is 0. The molecule has 2 unspecified atom stereocenters. The van der Waals surface area contributed by atoms with Crippen molar-refractivity contribution in [2.24, 2.45) is 5.92 Å². The van der Waals surface area contributed by atoms with E-state index in [2.05, 4.69) is 10.1 Å². The van der Waals surface area contributed by atoms with E-state index in [0.717, 1.165) is 6.42 Å². The molecule has 7 heteroatoms. The lowest BCUT2D eigenvalue weighted by atomic mass is 10.1. The van der Waals surface area contributed by atoms with E-state index in [1.807, 2.05) is 0 Å². The number of esters is 1. The minimum absolute atomic E-state index is 0.152. The average Bonchev–Trinajstić information content (AvgIpc) is 2.69. The lowest BCUT2D eigenvalue weighted by Crippen LogP contribution is -2.39. The van der Waals surface area contributed by atoms with Crippen molar-refractivity contribution in [3.8, 4) is 0 Å². The number of hydrogen-bond donors (Lipinski definition) is 1. The van der Waals surface area contributed by atoms with Gasteiger partial charge >= 0.3 is 12.1 Å². The van der Waals surface area contributed by atoms with E-state index < -0.39 is 18.8 Å². The van der Waals surface area contributed by atoms with E-state index in [4.69, 9.17) is 0 Å². The first kappa shape index (κ1) is 15.2. The molecule has 0 saturated carbocycles. The minimum Gasteiger partial charge on any atom is -0.468 e. The molecular weight excluding hydrogens is 249 g/mol. The average molecular weight is 268 g/mol. The van der Waals surface area contributed by atoms with Gasteiger partial charge in [0, 0.05) is 13.1 Å². The molecule has 106 valence electrons. The van der Waals surface area contributed by atoms with Crippen LogP contribution >= 0.6 is 0 Å². The first-order valence-electron chi connectivity index (χ1n) is 5.92. The summed E-state index contributed by atoms with van der Waals surface area (Å²) in [4.78, 5) is 12.5. The van der Waals surface area contributed by atoms with Gasteiger partial charge in [0.15, 0.2) is 0 Å². The number of alkyl halides is 3. The highest BCUT2D eigenvalue weighted by Gasteiger charge is 2.34. The Morgan fingerprint density at radius 1 is 1.56 bits per heavy atom. The molecular formula is C11H19F3N2O2. The first-order chi connectivity index (χ1) is 8.31. The van der Waals surface area contributed by atoms with Gasteiger partial charge in [0.2, 0.25) is 0 Å². The third-order valence-electron chi connectivity index (χ3n) is 3.04. The fourth-order valence-corrected chi connectivity index (χ4v) is 2.08. The number of carbonyl (C=O) groups is 1. The second kappa shape index (κ2) is 6.38. The van der Waals surface area contributed by atoms with E-state index in [1.54, 1.807) is 6.92 Å². The SMILES string of the molecule is COC(=O)C(C)NCC1CCN(CC(F)(F)F)C1. The molecule has 0 aliphatic carbocycles. The summed E-state index contributed by atoms with van der Waals surface area (Å²) in [6.45, 7) is 2.23. The van der Waals surface area contributed by atoms with Gasteiger partial charge in [0.1, 0.15) is 6.04 Å². The van der Waals surface area contributed by atoms with Crippen LogP contribution in [0.4, 0.5) is 13.2 Å². The number of nitrogens with zero attached hydrogens (tertiary/aromatic N) is 1. The second-order valence-electron chi connectivity index (χ2n) is 4.66. The number of ether oxygens (including phenoxy) is 1. The Morgan fingerprint density at radius 2 is 2.22 bits per heavy atom. The quantitative estimate of drug-likeness (QED) is 0.756. The number of likely N-dealkylation sites (tertiary alicyclic amines) is 1. The standard InChI is InChI=1S/C11H19F3N2O2/c1-8(10(17)18-2)15-5-9-3-4-16(6-9)7-11(12,13)14/h8-9,15H,3-7H2,1-2H3. The van der Waals surface area contributed by atoms with Crippen LogP contribution in [0.5, 0.6) is 0 Å². The fraction of sp³-hybridized carbons (Fsp3) is 0.909. The monoisotopic (exact) mass is 268 g/mol. The summed E-state index contributed by atoms with van der Waals surface area (Å²) in [6, 6.07) is -0.424. The van der Waals surface area contributed by atoms with Crippen LogP contribution in [0.2, 0.25) is 0 Å². The van der Waals surface area contributed by atoms with Crippen molar-refractivity contribution in [2.45, 2.75) is 25.6 Å². The van der Waals surface area contributed by atoms with Crippen molar-refractivity contribution in [2.75, 3.05) is 33.3 Å². The van der Waals surface area contributed by atoms with Gasteiger partial charge in [-0.1, -0.05) is 0 Å². The molecule has 1 fully saturated rings. The normalized spacial score (nSPS) is 23.1. The van der Waals surface area contributed by atoms with E-state index in [-0.39, 0.29) is 11.9 Å². The van der Waals surface area contributed by atoms with E-state index in [0.29, 0.717) is 19.6 Å². The molecule has 0 amide bonds. The van der Waals surface area contributed by atoms with E-state index in [1.165, 1.54) is 12.0 Å². The van der Waals surface area contributed by atoms with Crippen LogP contribution in [-0.2, 0) is 9.53 Å². The van der Waals surface area contributed by atoms with Gasteiger partial charge in [0.25, 0.3) is 0 Å². The topological polar surface area (TPSA) is 41.6 Å². The number of rotatable bonds is 5. The lowest BCUT2D eigenvalue weighted by molar-refractivity contribution is -0.143. The van der Waals surface area contributed by atoms with Crippen molar-refractivity contribution >= 4 is 5.97 Å². The van der Waals surface area contributed by atoms with Crippen LogP contribution < -0.4 is 5.32 Å². The summed E-state index contributed by atoms with van der Waals surface area (Å²) in [6.07, 6.45) is -3.42. The molecule has 0 spiro atoms. The highest BCUT2D eigenvalue weighted by atomic mass is 19.4. The zero-order valence-electron chi connectivity index (χ0n) is 10.6. The van der Waals surface area contributed by atoms with Crippen LogP contribution in [0.25, 0.3) is 0 Å². The Balaban J connectivity index is 2.24. The van der Waals surface area contributed by atoms with Crippen LogP contribution in [-0.4, -0.2) is 56.4 Å². The third-order valence-corrected chi connectivity index (χ3v) is 3.04. The summed E-state index contributed by atoms with van der Waals surface area (Å²) in [5, 5.41) is 2.98. The Bertz CT molecular complexity index is 284. The maximum absolute atomic E-state index is 12.2. The summed E-state index contributed by atoms with van der Waals surface area (Å²) < 4.78 is 41.1. The number of halogens is 3. The third kappa shape index (κ3) is 5.22. The van der Waals surface area contributed by atoms with E-state index in [9.17, 15) is 18.0 Å². The van der Waals surface area contributed by atoms with Gasteiger partial charge in [-0.2, -0.15) is 13.2 Å².